The summed E-state index contributed by atoms with van der Waals surface area (Å²) < 4.78 is 11.0. The molecule has 110 valence electrons. The molecule has 20 heavy (non-hydrogen) atoms. The van der Waals surface area contributed by atoms with Crippen molar-refractivity contribution in [2.75, 3.05) is 13.1 Å². The Hall–Kier alpha value is -1.75. The van der Waals surface area contributed by atoms with Crippen molar-refractivity contribution < 1.29 is 19.4 Å². The largest absolute Gasteiger partial charge is 0.487 e. The number of carbonyl (C=O) groups is 1. The molecular weight excluding hydrogens is 258 g/mol. The Kier molecular flexibility index (Phi) is 4.18. The van der Waals surface area contributed by atoms with Gasteiger partial charge in [0.2, 0.25) is 0 Å². The van der Waals surface area contributed by atoms with Crippen LogP contribution in [0.3, 0.4) is 0 Å². The van der Waals surface area contributed by atoms with Crippen molar-refractivity contribution in [2.45, 2.75) is 39.1 Å². The van der Waals surface area contributed by atoms with Crippen molar-refractivity contribution >= 4 is 6.09 Å². The van der Waals surface area contributed by atoms with E-state index in [4.69, 9.17) is 14.6 Å². The third-order valence-electron chi connectivity index (χ3n) is 2.91. The number of benzene rings is 1. The molecule has 5 nitrogen and oxygen atoms in total. The lowest BCUT2D eigenvalue weighted by atomic mass is 10.1. The van der Waals surface area contributed by atoms with Crippen molar-refractivity contribution in [1.82, 2.24) is 4.90 Å². The molecule has 1 aliphatic rings. The second kappa shape index (κ2) is 5.71. The van der Waals surface area contributed by atoms with Crippen LogP contribution in [-0.2, 0) is 11.3 Å². The summed E-state index contributed by atoms with van der Waals surface area (Å²) in [6, 6.07) is 7.28. The molecule has 2 rings (SSSR count). The van der Waals surface area contributed by atoms with E-state index in [1.807, 2.05) is 45.0 Å². The van der Waals surface area contributed by atoms with E-state index in [-0.39, 0.29) is 18.8 Å². The van der Waals surface area contributed by atoms with Gasteiger partial charge in [-0.25, -0.2) is 4.79 Å². The number of nitrogens with zero attached hydrogens (tertiary/aromatic N) is 1. The van der Waals surface area contributed by atoms with Gasteiger partial charge in [0.05, 0.1) is 19.7 Å². The number of aliphatic hydroxyl groups is 1. The zero-order valence-electron chi connectivity index (χ0n) is 12.1. The van der Waals surface area contributed by atoms with Gasteiger partial charge in [0, 0.05) is 0 Å². The van der Waals surface area contributed by atoms with Crippen LogP contribution in [0.25, 0.3) is 0 Å². The summed E-state index contributed by atoms with van der Waals surface area (Å²) in [6.45, 7) is 6.65. The fourth-order valence-corrected chi connectivity index (χ4v) is 1.85. The second-order valence-corrected chi connectivity index (χ2v) is 5.93. The van der Waals surface area contributed by atoms with E-state index in [1.165, 1.54) is 0 Å². The predicted octanol–water partition coefficient (Wildman–Crippen LogP) is 2.18. The average Bonchev–Trinajstić information content (AvgIpc) is 2.31. The lowest BCUT2D eigenvalue weighted by Crippen LogP contribution is -2.57. The molecule has 5 heteroatoms. The van der Waals surface area contributed by atoms with Crippen LogP contribution >= 0.6 is 0 Å². The predicted molar refractivity (Wildman–Crippen MR) is 74.6 cm³/mol. The van der Waals surface area contributed by atoms with Crippen LogP contribution in [0.2, 0.25) is 0 Å². The highest BCUT2D eigenvalue weighted by Crippen LogP contribution is 2.20. The molecule has 1 aromatic carbocycles. The Morgan fingerprint density at radius 2 is 1.90 bits per heavy atom. The Balaban J connectivity index is 1.77. The van der Waals surface area contributed by atoms with E-state index < -0.39 is 5.60 Å². The molecule has 1 heterocycles. The number of hydrogen-bond donors (Lipinski definition) is 1. The number of carbonyl (C=O) groups excluding carboxylic acids is 1. The van der Waals surface area contributed by atoms with Gasteiger partial charge in [-0.15, -0.1) is 0 Å². The smallest absolute Gasteiger partial charge is 0.410 e. The van der Waals surface area contributed by atoms with Gasteiger partial charge in [-0.2, -0.15) is 0 Å². The molecule has 1 saturated heterocycles. The van der Waals surface area contributed by atoms with Crippen LogP contribution < -0.4 is 4.74 Å². The lowest BCUT2D eigenvalue weighted by molar-refractivity contribution is -0.0221. The molecule has 1 N–H and O–H groups in total. The van der Waals surface area contributed by atoms with Crippen molar-refractivity contribution in [1.29, 1.82) is 0 Å². The standard InChI is InChI=1S/C15H21NO4/c1-15(2,3)20-14(18)16-8-13(9-16)19-12-6-4-11(10-17)5-7-12/h4-7,13,17H,8-10H2,1-3H3. The summed E-state index contributed by atoms with van der Waals surface area (Å²) in [5.41, 5.74) is 0.379. The van der Waals surface area contributed by atoms with Crippen LogP contribution in [0.1, 0.15) is 26.3 Å². The van der Waals surface area contributed by atoms with Gasteiger partial charge in [-0.1, -0.05) is 12.1 Å². The number of amides is 1. The van der Waals surface area contributed by atoms with Crippen molar-refractivity contribution in [2.24, 2.45) is 0 Å². The van der Waals surface area contributed by atoms with Crippen LogP contribution in [0.4, 0.5) is 4.79 Å². The van der Waals surface area contributed by atoms with E-state index in [0.717, 1.165) is 11.3 Å². The third kappa shape index (κ3) is 3.87. The first kappa shape index (κ1) is 14.7. The number of rotatable bonds is 3. The molecule has 0 saturated carbocycles. The summed E-state index contributed by atoms with van der Waals surface area (Å²) in [6.07, 6.45) is -0.296. The summed E-state index contributed by atoms with van der Waals surface area (Å²) >= 11 is 0. The maximum Gasteiger partial charge on any atom is 0.410 e. The third-order valence-corrected chi connectivity index (χ3v) is 2.91. The highest BCUT2D eigenvalue weighted by atomic mass is 16.6. The van der Waals surface area contributed by atoms with Gasteiger partial charge >= 0.3 is 6.09 Å². The fraction of sp³-hybridized carbons (Fsp3) is 0.533. The molecular formula is C15H21NO4. The second-order valence-electron chi connectivity index (χ2n) is 5.93. The molecule has 0 radical (unpaired) electrons. The minimum Gasteiger partial charge on any atom is -0.487 e. The highest BCUT2D eigenvalue weighted by molar-refractivity contribution is 5.69. The zero-order valence-corrected chi connectivity index (χ0v) is 12.1. The highest BCUT2D eigenvalue weighted by Gasteiger charge is 2.35. The number of aliphatic hydroxyl groups excluding tert-OH is 1. The van der Waals surface area contributed by atoms with E-state index in [0.29, 0.717) is 13.1 Å². The molecule has 1 fully saturated rings. The number of hydrogen-bond acceptors (Lipinski definition) is 4. The Morgan fingerprint density at radius 1 is 1.30 bits per heavy atom. The first-order chi connectivity index (χ1) is 9.37. The lowest BCUT2D eigenvalue weighted by Gasteiger charge is -2.39. The molecule has 1 aliphatic heterocycles. The molecule has 0 unspecified atom stereocenters. The molecule has 0 spiro atoms. The van der Waals surface area contributed by atoms with Gasteiger partial charge in [0.15, 0.2) is 0 Å². The van der Waals surface area contributed by atoms with Gasteiger partial charge in [0.25, 0.3) is 0 Å². The summed E-state index contributed by atoms with van der Waals surface area (Å²) in [5.74, 6) is 0.746. The quantitative estimate of drug-likeness (QED) is 0.921. The Morgan fingerprint density at radius 3 is 2.40 bits per heavy atom. The van der Waals surface area contributed by atoms with Crippen molar-refractivity contribution in [3.05, 3.63) is 29.8 Å². The maximum absolute atomic E-state index is 11.7. The van der Waals surface area contributed by atoms with Gasteiger partial charge in [0.1, 0.15) is 17.5 Å². The van der Waals surface area contributed by atoms with Crippen LogP contribution in [0.15, 0.2) is 24.3 Å². The molecule has 0 aliphatic carbocycles. The minimum absolute atomic E-state index is 0.00231. The maximum atomic E-state index is 11.7. The van der Waals surface area contributed by atoms with E-state index >= 15 is 0 Å². The SMILES string of the molecule is CC(C)(C)OC(=O)N1CC(Oc2ccc(CO)cc2)C1. The summed E-state index contributed by atoms with van der Waals surface area (Å²) in [7, 11) is 0. The minimum atomic E-state index is -0.469. The first-order valence-electron chi connectivity index (χ1n) is 6.72. The molecule has 1 amide bonds. The van der Waals surface area contributed by atoms with Crippen molar-refractivity contribution in [3.8, 4) is 5.75 Å². The molecule has 0 atom stereocenters. The monoisotopic (exact) mass is 279 g/mol. The normalized spacial score (nSPS) is 15.7. The van der Waals surface area contributed by atoms with Crippen LogP contribution in [-0.4, -0.2) is 40.9 Å². The van der Waals surface area contributed by atoms with Gasteiger partial charge in [-0.05, 0) is 38.5 Å². The molecule has 1 aromatic rings. The topological polar surface area (TPSA) is 59.0 Å². The zero-order chi connectivity index (χ0) is 14.8. The van der Waals surface area contributed by atoms with Gasteiger partial charge in [-0.3, -0.25) is 0 Å². The van der Waals surface area contributed by atoms with E-state index in [1.54, 1.807) is 4.90 Å². The molecule has 0 bridgehead atoms. The number of ether oxygens (including phenoxy) is 2. The molecule has 0 aromatic heterocycles. The average molecular weight is 279 g/mol. The first-order valence-corrected chi connectivity index (χ1v) is 6.72. The number of likely N-dealkylation sites (tertiary alicyclic amines) is 1. The summed E-state index contributed by atoms with van der Waals surface area (Å²) in [4.78, 5) is 13.4. The van der Waals surface area contributed by atoms with Crippen molar-refractivity contribution in [3.63, 3.8) is 0 Å². The van der Waals surface area contributed by atoms with Crippen LogP contribution in [0.5, 0.6) is 5.75 Å². The van der Waals surface area contributed by atoms with Crippen LogP contribution in [0, 0.1) is 0 Å². The van der Waals surface area contributed by atoms with E-state index in [2.05, 4.69) is 0 Å². The Bertz CT molecular complexity index is 458. The van der Waals surface area contributed by atoms with Gasteiger partial charge < -0.3 is 19.5 Å². The fourth-order valence-electron chi connectivity index (χ4n) is 1.85. The Labute approximate surface area is 119 Å². The summed E-state index contributed by atoms with van der Waals surface area (Å²) in [5, 5.41) is 8.96. The van der Waals surface area contributed by atoms with E-state index in [9.17, 15) is 4.79 Å².